The molecule has 0 bridgehead atoms. The third-order valence-corrected chi connectivity index (χ3v) is 2.48. The van der Waals surface area contributed by atoms with Gasteiger partial charge in [-0.05, 0) is 26.2 Å². The second-order valence-electron chi connectivity index (χ2n) is 3.97. The number of halogens is 3. The first kappa shape index (κ1) is 15.2. The van der Waals surface area contributed by atoms with Crippen molar-refractivity contribution in [3.8, 4) is 0 Å². The number of carbonyl (C=O) groups is 1. The number of ether oxygens (including phenoxy) is 3. The van der Waals surface area contributed by atoms with Gasteiger partial charge in [-0.2, -0.15) is 13.2 Å². The van der Waals surface area contributed by atoms with Gasteiger partial charge in [0.05, 0.1) is 13.0 Å². The molecule has 0 aliphatic carbocycles. The van der Waals surface area contributed by atoms with Crippen molar-refractivity contribution in [3.05, 3.63) is 0 Å². The quantitative estimate of drug-likeness (QED) is 0.720. The second kappa shape index (κ2) is 6.94. The Morgan fingerprint density at radius 3 is 2.67 bits per heavy atom. The van der Waals surface area contributed by atoms with Gasteiger partial charge in [0.1, 0.15) is 0 Å². The van der Waals surface area contributed by atoms with Crippen molar-refractivity contribution in [2.45, 2.75) is 51.2 Å². The highest BCUT2D eigenvalue weighted by Gasteiger charge is 2.44. The average Bonchev–Trinajstić information content (AvgIpc) is 2.28. The summed E-state index contributed by atoms with van der Waals surface area (Å²) in [5.41, 5.74) is 0. The van der Waals surface area contributed by atoms with Crippen LogP contribution in [0.3, 0.4) is 0 Å². The minimum Gasteiger partial charge on any atom is -0.466 e. The summed E-state index contributed by atoms with van der Waals surface area (Å²) in [5.74, 6) is -0.921. The molecule has 0 amide bonds. The fourth-order valence-corrected chi connectivity index (χ4v) is 1.61. The maximum Gasteiger partial charge on any atom is 0.415 e. The van der Waals surface area contributed by atoms with E-state index in [0.29, 0.717) is 13.0 Å². The van der Waals surface area contributed by atoms with Crippen LogP contribution in [0.2, 0.25) is 0 Å². The highest BCUT2D eigenvalue weighted by atomic mass is 19.4. The zero-order chi connectivity index (χ0) is 13.6. The maximum atomic E-state index is 12.7. The molecule has 1 fully saturated rings. The van der Waals surface area contributed by atoms with Crippen LogP contribution in [0, 0.1) is 0 Å². The molecule has 0 aromatic heterocycles. The summed E-state index contributed by atoms with van der Waals surface area (Å²) in [6.07, 6.45) is -6.51. The van der Waals surface area contributed by atoms with Crippen LogP contribution in [-0.4, -0.2) is 37.8 Å². The standard InChI is InChI=1S/C11H17F3O4/c1-2-16-9(15)7-8(11(12,13)14)18-10-5-3-4-6-17-10/h8,10H,2-7H2,1H3. The molecule has 7 heteroatoms. The molecule has 0 aromatic carbocycles. The monoisotopic (exact) mass is 270 g/mol. The molecule has 106 valence electrons. The minimum absolute atomic E-state index is 0.0450. The summed E-state index contributed by atoms with van der Waals surface area (Å²) in [6.45, 7) is 1.96. The largest absolute Gasteiger partial charge is 0.466 e. The Kier molecular flexibility index (Phi) is 5.87. The van der Waals surface area contributed by atoms with E-state index in [4.69, 9.17) is 9.47 Å². The molecule has 0 radical (unpaired) electrons. The van der Waals surface area contributed by atoms with Crippen LogP contribution in [0.25, 0.3) is 0 Å². The van der Waals surface area contributed by atoms with Gasteiger partial charge in [0.15, 0.2) is 12.4 Å². The molecule has 0 aromatic rings. The number of esters is 1. The van der Waals surface area contributed by atoms with E-state index in [-0.39, 0.29) is 6.61 Å². The number of rotatable bonds is 5. The van der Waals surface area contributed by atoms with Crippen molar-refractivity contribution in [2.75, 3.05) is 13.2 Å². The van der Waals surface area contributed by atoms with Crippen molar-refractivity contribution in [3.63, 3.8) is 0 Å². The number of hydrogen-bond donors (Lipinski definition) is 0. The highest BCUT2D eigenvalue weighted by Crippen LogP contribution is 2.28. The highest BCUT2D eigenvalue weighted by molar-refractivity contribution is 5.70. The molecule has 0 spiro atoms. The van der Waals surface area contributed by atoms with Crippen LogP contribution in [-0.2, 0) is 19.0 Å². The van der Waals surface area contributed by atoms with Gasteiger partial charge in [0.2, 0.25) is 0 Å². The lowest BCUT2D eigenvalue weighted by Crippen LogP contribution is -2.39. The average molecular weight is 270 g/mol. The molecule has 2 atom stereocenters. The first-order valence-corrected chi connectivity index (χ1v) is 5.93. The van der Waals surface area contributed by atoms with E-state index in [9.17, 15) is 18.0 Å². The Bertz CT molecular complexity index is 262. The molecule has 2 unspecified atom stereocenters. The van der Waals surface area contributed by atoms with Gasteiger partial charge in [0.25, 0.3) is 0 Å². The summed E-state index contributed by atoms with van der Waals surface area (Å²) in [7, 11) is 0. The number of hydrogen-bond acceptors (Lipinski definition) is 4. The van der Waals surface area contributed by atoms with E-state index < -0.39 is 31.0 Å². The Labute approximate surface area is 103 Å². The van der Waals surface area contributed by atoms with Crippen LogP contribution < -0.4 is 0 Å². The molecular weight excluding hydrogens is 253 g/mol. The Balaban J connectivity index is 2.52. The Morgan fingerprint density at radius 1 is 1.44 bits per heavy atom. The van der Waals surface area contributed by atoms with E-state index in [1.807, 2.05) is 0 Å². The Hall–Kier alpha value is -0.820. The first-order valence-electron chi connectivity index (χ1n) is 5.93. The van der Waals surface area contributed by atoms with Gasteiger partial charge >= 0.3 is 12.1 Å². The fraction of sp³-hybridized carbons (Fsp3) is 0.909. The van der Waals surface area contributed by atoms with Gasteiger partial charge in [-0.15, -0.1) is 0 Å². The molecule has 1 rings (SSSR count). The predicted molar refractivity (Wildman–Crippen MR) is 55.8 cm³/mol. The summed E-state index contributed by atoms with van der Waals surface area (Å²) < 4.78 is 52.5. The van der Waals surface area contributed by atoms with E-state index in [0.717, 1.165) is 12.8 Å². The maximum absolute atomic E-state index is 12.7. The van der Waals surface area contributed by atoms with E-state index in [1.54, 1.807) is 0 Å². The molecule has 0 saturated carbocycles. The first-order chi connectivity index (χ1) is 8.43. The molecule has 1 aliphatic heterocycles. The van der Waals surface area contributed by atoms with Gasteiger partial charge < -0.3 is 14.2 Å². The van der Waals surface area contributed by atoms with Crippen LogP contribution in [0.1, 0.15) is 32.6 Å². The summed E-state index contributed by atoms with van der Waals surface area (Å²) >= 11 is 0. The van der Waals surface area contributed by atoms with Crippen LogP contribution in [0.15, 0.2) is 0 Å². The summed E-state index contributed by atoms with van der Waals surface area (Å²) in [5, 5.41) is 0. The molecule has 0 N–H and O–H groups in total. The zero-order valence-corrected chi connectivity index (χ0v) is 10.2. The van der Waals surface area contributed by atoms with Crippen molar-refractivity contribution in [1.29, 1.82) is 0 Å². The van der Waals surface area contributed by atoms with E-state index >= 15 is 0 Å². The predicted octanol–water partition coefficient (Wildman–Crippen LogP) is 2.41. The molecule has 18 heavy (non-hydrogen) atoms. The lowest BCUT2D eigenvalue weighted by atomic mass is 10.2. The van der Waals surface area contributed by atoms with Crippen molar-refractivity contribution in [2.24, 2.45) is 0 Å². The number of alkyl halides is 3. The van der Waals surface area contributed by atoms with Crippen LogP contribution in [0.5, 0.6) is 0 Å². The second-order valence-corrected chi connectivity index (χ2v) is 3.97. The third kappa shape index (κ3) is 5.22. The third-order valence-electron chi connectivity index (χ3n) is 2.48. The summed E-state index contributed by atoms with van der Waals surface area (Å²) in [6, 6.07) is 0. The van der Waals surface area contributed by atoms with Crippen molar-refractivity contribution >= 4 is 5.97 Å². The lowest BCUT2D eigenvalue weighted by molar-refractivity contribution is -0.279. The normalized spacial score (nSPS) is 22.6. The summed E-state index contributed by atoms with van der Waals surface area (Å²) in [4.78, 5) is 11.1. The van der Waals surface area contributed by atoms with Gasteiger partial charge in [-0.3, -0.25) is 4.79 Å². The molecule has 1 aliphatic rings. The minimum atomic E-state index is -4.60. The smallest absolute Gasteiger partial charge is 0.415 e. The van der Waals surface area contributed by atoms with Gasteiger partial charge in [0, 0.05) is 6.61 Å². The Morgan fingerprint density at radius 2 is 2.17 bits per heavy atom. The van der Waals surface area contributed by atoms with E-state index in [1.165, 1.54) is 6.92 Å². The SMILES string of the molecule is CCOC(=O)CC(OC1CCCCO1)C(F)(F)F. The van der Waals surface area contributed by atoms with Crippen LogP contribution >= 0.6 is 0 Å². The zero-order valence-electron chi connectivity index (χ0n) is 10.2. The van der Waals surface area contributed by atoms with Gasteiger partial charge in [-0.25, -0.2) is 0 Å². The molecule has 1 heterocycles. The molecule has 1 saturated heterocycles. The molecular formula is C11H17F3O4. The molecule has 4 nitrogen and oxygen atoms in total. The fourth-order valence-electron chi connectivity index (χ4n) is 1.61. The van der Waals surface area contributed by atoms with Crippen molar-refractivity contribution in [1.82, 2.24) is 0 Å². The van der Waals surface area contributed by atoms with Crippen LogP contribution in [0.4, 0.5) is 13.2 Å². The van der Waals surface area contributed by atoms with E-state index in [2.05, 4.69) is 4.74 Å². The topological polar surface area (TPSA) is 44.8 Å². The van der Waals surface area contributed by atoms with Crippen molar-refractivity contribution < 1.29 is 32.2 Å². The number of carbonyl (C=O) groups excluding carboxylic acids is 1. The lowest BCUT2D eigenvalue weighted by Gasteiger charge is -2.28. The van der Waals surface area contributed by atoms with Gasteiger partial charge in [-0.1, -0.05) is 0 Å².